The molecular formula is C15H28N2O3. The Hall–Kier alpha value is -1.10. The van der Waals surface area contributed by atoms with Crippen LogP contribution in [0, 0.1) is 5.92 Å². The summed E-state index contributed by atoms with van der Waals surface area (Å²) in [7, 11) is 0. The number of ether oxygens (including phenoxy) is 1. The van der Waals surface area contributed by atoms with Crippen LogP contribution >= 0.6 is 0 Å². The lowest BCUT2D eigenvalue weighted by atomic mass is 9.96. The van der Waals surface area contributed by atoms with Crippen LogP contribution in [0.1, 0.15) is 47.0 Å². The molecule has 1 rings (SSSR count). The average molecular weight is 284 g/mol. The summed E-state index contributed by atoms with van der Waals surface area (Å²) in [6.45, 7) is 9.67. The molecule has 2 atom stereocenters. The highest BCUT2D eigenvalue weighted by atomic mass is 16.5. The third-order valence-electron chi connectivity index (χ3n) is 3.58. The van der Waals surface area contributed by atoms with E-state index in [0.717, 1.165) is 12.8 Å². The molecule has 1 heterocycles. The fourth-order valence-corrected chi connectivity index (χ4v) is 2.47. The van der Waals surface area contributed by atoms with Gasteiger partial charge in [-0.05, 0) is 18.8 Å². The third-order valence-corrected chi connectivity index (χ3v) is 3.58. The van der Waals surface area contributed by atoms with Crippen LogP contribution in [-0.4, -0.2) is 48.6 Å². The fraction of sp³-hybridized carbons (Fsp3) is 0.867. The van der Waals surface area contributed by atoms with Gasteiger partial charge in [-0.1, -0.05) is 34.1 Å². The molecule has 1 N–H and O–H groups in total. The molecule has 116 valence electrons. The first kappa shape index (κ1) is 17.0. The number of amides is 2. The zero-order chi connectivity index (χ0) is 15.1. The molecule has 20 heavy (non-hydrogen) atoms. The molecule has 1 fully saturated rings. The van der Waals surface area contributed by atoms with Crippen molar-refractivity contribution in [1.29, 1.82) is 0 Å². The summed E-state index contributed by atoms with van der Waals surface area (Å²) < 4.78 is 5.47. The van der Waals surface area contributed by atoms with Gasteiger partial charge in [0.25, 0.3) is 0 Å². The van der Waals surface area contributed by atoms with E-state index in [0.29, 0.717) is 26.2 Å². The summed E-state index contributed by atoms with van der Waals surface area (Å²) >= 11 is 0. The maximum Gasteiger partial charge on any atom is 0.246 e. The van der Waals surface area contributed by atoms with Gasteiger partial charge in [0.2, 0.25) is 11.8 Å². The average Bonchev–Trinajstić information content (AvgIpc) is 2.40. The number of carbonyl (C=O) groups excluding carboxylic acids is 2. The Kier molecular flexibility index (Phi) is 6.99. The molecule has 0 aromatic rings. The van der Waals surface area contributed by atoms with E-state index in [9.17, 15) is 9.59 Å². The number of nitrogens with zero attached hydrogens (tertiary/aromatic N) is 1. The second-order valence-electron chi connectivity index (χ2n) is 5.68. The summed E-state index contributed by atoms with van der Waals surface area (Å²) in [5, 5.41) is 2.86. The van der Waals surface area contributed by atoms with Crippen LogP contribution in [0.3, 0.4) is 0 Å². The van der Waals surface area contributed by atoms with Crippen molar-refractivity contribution in [2.24, 2.45) is 5.92 Å². The molecule has 1 aliphatic rings. The highest BCUT2D eigenvalue weighted by molar-refractivity contribution is 5.97. The van der Waals surface area contributed by atoms with Gasteiger partial charge in [0.1, 0.15) is 12.1 Å². The lowest BCUT2D eigenvalue weighted by Crippen LogP contribution is -2.65. The minimum atomic E-state index is -0.401. The van der Waals surface area contributed by atoms with E-state index in [-0.39, 0.29) is 23.8 Å². The minimum Gasteiger partial charge on any atom is -0.380 e. The van der Waals surface area contributed by atoms with Crippen molar-refractivity contribution < 1.29 is 14.3 Å². The molecule has 0 saturated carbocycles. The third kappa shape index (κ3) is 4.20. The maximum atomic E-state index is 12.5. The summed E-state index contributed by atoms with van der Waals surface area (Å²) in [6, 6.07) is -0.741. The van der Waals surface area contributed by atoms with Crippen molar-refractivity contribution >= 4 is 11.8 Å². The Morgan fingerprint density at radius 2 is 1.90 bits per heavy atom. The first-order valence-corrected chi connectivity index (χ1v) is 7.71. The van der Waals surface area contributed by atoms with Gasteiger partial charge in [0.05, 0.1) is 6.61 Å². The molecule has 1 aliphatic heterocycles. The normalized spacial score (nSPS) is 23.4. The van der Waals surface area contributed by atoms with Crippen molar-refractivity contribution in [3.05, 3.63) is 0 Å². The van der Waals surface area contributed by atoms with E-state index < -0.39 is 6.04 Å². The topological polar surface area (TPSA) is 58.6 Å². The standard InChI is InChI=1S/C15H28N2O3/c1-5-7-12-14(18)16-13(11(3)4)15(19)17(12)8-10-20-9-6-2/h11-13H,5-10H2,1-4H3,(H,16,18). The SMILES string of the molecule is CCCOCCN1C(=O)C(C(C)C)NC(=O)C1CCC. The van der Waals surface area contributed by atoms with E-state index >= 15 is 0 Å². The van der Waals surface area contributed by atoms with Gasteiger partial charge >= 0.3 is 0 Å². The number of piperazine rings is 1. The lowest BCUT2D eigenvalue weighted by molar-refractivity contribution is -0.151. The van der Waals surface area contributed by atoms with E-state index in [1.165, 1.54) is 0 Å². The van der Waals surface area contributed by atoms with Crippen LogP contribution in [0.4, 0.5) is 0 Å². The summed E-state index contributed by atoms with van der Waals surface area (Å²) in [6.07, 6.45) is 2.54. The highest BCUT2D eigenvalue weighted by Crippen LogP contribution is 2.18. The van der Waals surface area contributed by atoms with Gasteiger partial charge in [-0.25, -0.2) is 0 Å². The number of hydrogen-bond acceptors (Lipinski definition) is 3. The quantitative estimate of drug-likeness (QED) is 0.688. The van der Waals surface area contributed by atoms with Crippen LogP contribution in [-0.2, 0) is 14.3 Å². The second kappa shape index (κ2) is 8.25. The molecular weight excluding hydrogens is 256 g/mol. The minimum absolute atomic E-state index is 0.0261. The summed E-state index contributed by atoms with van der Waals surface area (Å²) in [5.41, 5.74) is 0. The lowest BCUT2D eigenvalue weighted by Gasteiger charge is -2.40. The van der Waals surface area contributed by atoms with E-state index in [2.05, 4.69) is 5.32 Å². The molecule has 1 saturated heterocycles. The maximum absolute atomic E-state index is 12.5. The van der Waals surface area contributed by atoms with Gasteiger partial charge in [0, 0.05) is 13.2 Å². The molecule has 2 unspecified atom stereocenters. The fourth-order valence-electron chi connectivity index (χ4n) is 2.47. The van der Waals surface area contributed by atoms with Crippen molar-refractivity contribution in [1.82, 2.24) is 10.2 Å². The molecule has 5 nitrogen and oxygen atoms in total. The number of carbonyl (C=O) groups is 2. The molecule has 0 spiro atoms. The molecule has 0 aromatic carbocycles. The zero-order valence-electron chi connectivity index (χ0n) is 13.1. The van der Waals surface area contributed by atoms with Gasteiger partial charge in [0.15, 0.2) is 0 Å². The Morgan fingerprint density at radius 1 is 1.20 bits per heavy atom. The molecule has 0 bridgehead atoms. The van der Waals surface area contributed by atoms with Crippen LogP contribution in [0.5, 0.6) is 0 Å². The van der Waals surface area contributed by atoms with E-state index in [4.69, 9.17) is 4.74 Å². The van der Waals surface area contributed by atoms with Crippen molar-refractivity contribution in [3.63, 3.8) is 0 Å². The molecule has 0 aliphatic carbocycles. The van der Waals surface area contributed by atoms with E-state index in [1.54, 1.807) is 4.90 Å². The zero-order valence-corrected chi connectivity index (χ0v) is 13.1. The Bertz CT molecular complexity index is 331. The van der Waals surface area contributed by atoms with Gasteiger partial charge in [-0.15, -0.1) is 0 Å². The largest absolute Gasteiger partial charge is 0.380 e. The second-order valence-corrected chi connectivity index (χ2v) is 5.68. The Labute approximate surface area is 122 Å². The smallest absolute Gasteiger partial charge is 0.246 e. The molecule has 0 radical (unpaired) electrons. The van der Waals surface area contributed by atoms with Crippen molar-refractivity contribution in [2.45, 2.75) is 59.0 Å². The highest BCUT2D eigenvalue weighted by Gasteiger charge is 2.40. The molecule has 2 amide bonds. The first-order valence-electron chi connectivity index (χ1n) is 7.71. The monoisotopic (exact) mass is 284 g/mol. The van der Waals surface area contributed by atoms with Crippen LogP contribution < -0.4 is 5.32 Å². The van der Waals surface area contributed by atoms with Crippen molar-refractivity contribution in [2.75, 3.05) is 19.8 Å². The van der Waals surface area contributed by atoms with E-state index in [1.807, 2.05) is 27.7 Å². The molecule has 0 aromatic heterocycles. The van der Waals surface area contributed by atoms with Gasteiger partial charge < -0.3 is 15.0 Å². The summed E-state index contributed by atoms with van der Waals surface area (Å²) in [4.78, 5) is 26.4. The predicted molar refractivity (Wildman–Crippen MR) is 78.3 cm³/mol. The Morgan fingerprint density at radius 3 is 2.45 bits per heavy atom. The van der Waals surface area contributed by atoms with Crippen LogP contribution in [0.15, 0.2) is 0 Å². The van der Waals surface area contributed by atoms with Crippen LogP contribution in [0.25, 0.3) is 0 Å². The summed E-state index contributed by atoms with van der Waals surface area (Å²) in [5.74, 6) is 0.104. The van der Waals surface area contributed by atoms with Gasteiger partial charge in [-0.2, -0.15) is 0 Å². The Balaban J connectivity index is 2.73. The predicted octanol–water partition coefficient (Wildman–Crippen LogP) is 1.56. The van der Waals surface area contributed by atoms with Crippen LogP contribution in [0.2, 0.25) is 0 Å². The van der Waals surface area contributed by atoms with Crippen molar-refractivity contribution in [3.8, 4) is 0 Å². The number of rotatable bonds is 8. The number of nitrogens with one attached hydrogen (secondary N) is 1. The molecule has 5 heteroatoms. The first-order chi connectivity index (χ1) is 9.52. The van der Waals surface area contributed by atoms with Gasteiger partial charge in [-0.3, -0.25) is 9.59 Å². The number of hydrogen-bond donors (Lipinski definition) is 1.